The Hall–Kier alpha value is -4.94. The number of nitrogens with zero attached hydrogens (tertiary/aromatic N) is 5. The van der Waals surface area contributed by atoms with E-state index in [9.17, 15) is 14.7 Å². The van der Waals surface area contributed by atoms with Crippen molar-refractivity contribution < 1.29 is 24.2 Å². The predicted octanol–water partition coefficient (Wildman–Crippen LogP) is 4.49. The lowest BCUT2D eigenvalue weighted by molar-refractivity contribution is -0.111. The fraction of sp³-hybridized carbons (Fsp3) is 0.312. The van der Waals surface area contributed by atoms with Gasteiger partial charge in [0, 0.05) is 49.5 Å². The van der Waals surface area contributed by atoms with Gasteiger partial charge < -0.3 is 39.6 Å². The number of aromatic nitrogens is 3. The molecule has 0 fully saturated rings. The van der Waals surface area contributed by atoms with E-state index in [2.05, 4.69) is 27.1 Å². The van der Waals surface area contributed by atoms with Crippen LogP contribution in [-0.2, 0) is 16.3 Å². The maximum absolute atomic E-state index is 13.1. The zero-order valence-electron chi connectivity index (χ0n) is 25.9. The summed E-state index contributed by atoms with van der Waals surface area (Å²) in [6.07, 6.45) is 4.00. The van der Waals surface area contributed by atoms with Crippen molar-refractivity contribution in [2.24, 2.45) is 0 Å². The van der Waals surface area contributed by atoms with Gasteiger partial charge in [-0.2, -0.15) is 0 Å². The molecule has 3 N–H and O–H groups in total. The van der Waals surface area contributed by atoms with E-state index in [4.69, 9.17) is 14.5 Å². The molecule has 2 aromatic heterocycles. The number of benzene rings is 2. The number of para-hydroxylation sites is 1. The number of fused-ring (bicyclic) bond motifs is 1. The lowest BCUT2D eigenvalue weighted by Gasteiger charge is -2.26. The quantitative estimate of drug-likeness (QED) is 0.149. The van der Waals surface area contributed by atoms with Gasteiger partial charge in [0.2, 0.25) is 11.9 Å². The zero-order chi connectivity index (χ0) is 32.0. The summed E-state index contributed by atoms with van der Waals surface area (Å²) in [5, 5.41) is 16.9. The molecule has 2 heterocycles. The fourth-order valence-electron chi connectivity index (χ4n) is 4.65. The molecule has 12 heteroatoms. The molecule has 0 aliphatic rings. The summed E-state index contributed by atoms with van der Waals surface area (Å²) in [6.45, 7) is 8.34. The Kier molecular flexibility index (Phi) is 10.2. The van der Waals surface area contributed by atoms with E-state index in [1.807, 2.05) is 56.4 Å². The minimum absolute atomic E-state index is 0.175. The first-order valence-electron chi connectivity index (χ1n) is 14.1. The second-order valence-corrected chi connectivity index (χ2v) is 10.7. The maximum Gasteiger partial charge on any atom is 0.342 e. The number of rotatable bonds is 13. The van der Waals surface area contributed by atoms with Gasteiger partial charge in [0.25, 0.3) is 0 Å². The summed E-state index contributed by atoms with van der Waals surface area (Å²) in [7, 11) is 7.46. The van der Waals surface area contributed by atoms with Gasteiger partial charge in [-0.1, -0.05) is 24.8 Å². The number of aliphatic hydroxyl groups excluding tert-OH is 1. The molecule has 2 aromatic carbocycles. The first-order chi connectivity index (χ1) is 21.1. The molecule has 0 unspecified atom stereocenters. The highest BCUT2D eigenvalue weighted by molar-refractivity contribution is 6.04. The summed E-state index contributed by atoms with van der Waals surface area (Å²) < 4.78 is 12.9. The lowest BCUT2D eigenvalue weighted by atomic mass is 10.1. The minimum Gasteiger partial charge on any atom is -0.494 e. The van der Waals surface area contributed by atoms with Crippen molar-refractivity contribution >= 4 is 45.8 Å². The molecule has 44 heavy (non-hydrogen) atoms. The van der Waals surface area contributed by atoms with E-state index in [-0.39, 0.29) is 30.3 Å². The van der Waals surface area contributed by atoms with Crippen LogP contribution in [0.5, 0.6) is 5.75 Å². The molecule has 1 amide bonds. The zero-order valence-corrected chi connectivity index (χ0v) is 25.9. The number of likely N-dealkylation sites (N-methyl/N-ethyl adjacent to an activating group) is 2. The van der Waals surface area contributed by atoms with Crippen LogP contribution in [-0.4, -0.2) is 83.9 Å². The monoisotopic (exact) mass is 601 g/mol. The van der Waals surface area contributed by atoms with Gasteiger partial charge in [-0.15, -0.1) is 0 Å². The molecule has 12 nitrogen and oxygen atoms in total. The molecule has 0 spiro atoms. The maximum atomic E-state index is 13.1. The van der Waals surface area contributed by atoms with Crippen LogP contribution in [0.2, 0.25) is 0 Å². The fourth-order valence-corrected chi connectivity index (χ4v) is 4.65. The van der Waals surface area contributed by atoms with Gasteiger partial charge in [0.1, 0.15) is 18.0 Å². The van der Waals surface area contributed by atoms with Gasteiger partial charge in [0.05, 0.1) is 41.5 Å². The first-order valence-corrected chi connectivity index (χ1v) is 14.1. The number of aliphatic hydroxyl groups is 1. The Morgan fingerprint density at radius 3 is 2.55 bits per heavy atom. The number of hydrogen-bond donors (Lipinski definition) is 3. The van der Waals surface area contributed by atoms with E-state index in [1.54, 1.807) is 37.8 Å². The predicted molar refractivity (Wildman–Crippen MR) is 173 cm³/mol. The highest BCUT2D eigenvalue weighted by Gasteiger charge is 2.23. The van der Waals surface area contributed by atoms with E-state index in [0.717, 1.165) is 23.1 Å². The van der Waals surface area contributed by atoms with Crippen LogP contribution in [0.1, 0.15) is 24.2 Å². The Morgan fingerprint density at radius 1 is 1.14 bits per heavy atom. The number of ether oxygens (including phenoxy) is 2. The summed E-state index contributed by atoms with van der Waals surface area (Å²) in [5.41, 5.74) is 3.67. The van der Waals surface area contributed by atoms with E-state index in [1.165, 1.54) is 12.3 Å². The molecular formula is C32H39N7O5. The van der Waals surface area contributed by atoms with Gasteiger partial charge in [-0.25, -0.2) is 14.8 Å². The Labute approximate surface area is 256 Å². The Bertz CT molecular complexity index is 1660. The number of hydrogen-bond acceptors (Lipinski definition) is 10. The molecule has 4 aromatic rings. The third-order valence-electron chi connectivity index (χ3n) is 6.85. The van der Waals surface area contributed by atoms with Crippen LogP contribution in [0, 0.1) is 0 Å². The summed E-state index contributed by atoms with van der Waals surface area (Å²) in [5.74, 6) is -0.275. The number of carbonyl (C=O) groups excluding carboxylic acids is 2. The molecule has 0 saturated carbocycles. The molecule has 0 saturated heterocycles. The van der Waals surface area contributed by atoms with Crippen molar-refractivity contribution in [1.29, 1.82) is 0 Å². The second kappa shape index (κ2) is 14.0. The molecule has 232 valence electrons. The van der Waals surface area contributed by atoms with Crippen LogP contribution in [0.25, 0.3) is 22.2 Å². The van der Waals surface area contributed by atoms with Gasteiger partial charge in [-0.05, 0) is 46.2 Å². The van der Waals surface area contributed by atoms with Crippen LogP contribution in [0.3, 0.4) is 0 Å². The van der Waals surface area contributed by atoms with Gasteiger partial charge in [-0.3, -0.25) is 4.79 Å². The Balaban J connectivity index is 1.83. The molecular weight excluding hydrogens is 562 g/mol. The van der Waals surface area contributed by atoms with Crippen molar-refractivity contribution in [3.63, 3.8) is 0 Å². The lowest BCUT2D eigenvalue weighted by Crippen LogP contribution is -2.29. The van der Waals surface area contributed by atoms with Crippen LogP contribution < -0.4 is 20.3 Å². The number of esters is 1. The number of nitrogens with one attached hydrogen (secondary N) is 2. The number of methoxy groups -OCH3 is 1. The average Bonchev–Trinajstić information content (AvgIpc) is 3.38. The summed E-state index contributed by atoms with van der Waals surface area (Å²) in [4.78, 5) is 38.8. The normalized spacial score (nSPS) is 11.1. The van der Waals surface area contributed by atoms with Gasteiger partial charge >= 0.3 is 5.97 Å². The second-order valence-electron chi connectivity index (χ2n) is 10.7. The average molecular weight is 602 g/mol. The highest BCUT2D eigenvalue weighted by atomic mass is 16.5. The minimum atomic E-state index is -0.570. The van der Waals surface area contributed by atoms with Crippen LogP contribution in [0.15, 0.2) is 61.4 Å². The molecule has 0 radical (unpaired) electrons. The SMILES string of the molecule is C=CC(=O)Nc1cc(Nc2ncc(C(=O)OC(C)C)c(-c3cn(CO)c4ccccc34)n2)c(OC)cc1N(C)CCN(C)C. The Morgan fingerprint density at radius 2 is 1.89 bits per heavy atom. The molecule has 0 aliphatic heterocycles. The third kappa shape index (κ3) is 7.16. The van der Waals surface area contributed by atoms with Crippen molar-refractivity contribution in [2.75, 3.05) is 56.9 Å². The smallest absolute Gasteiger partial charge is 0.342 e. The summed E-state index contributed by atoms with van der Waals surface area (Å²) >= 11 is 0. The summed E-state index contributed by atoms with van der Waals surface area (Å²) in [6, 6.07) is 11.1. The molecule has 0 bridgehead atoms. The molecule has 0 atom stereocenters. The standard InChI is InChI=1S/C32H39N7O5/c1-8-29(41)34-24-15-25(28(43-7)16-27(24)38(6)14-13-37(4)5)35-32-33-17-22(31(42)44-20(2)3)30(36-32)23-18-39(19-40)26-12-10-9-11-21(23)26/h8-12,15-18,20,40H,1,13-14,19H2,2-7H3,(H,34,41)(H,33,35,36). The largest absolute Gasteiger partial charge is 0.494 e. The van der Waals surface area contributed by atoms with Crippen molar-refractivity contribution in [2.45, 2.75) is 26.7 Å². The number of amides is 1. The van der Waals surface area contributed by atoms with Crippen molar-refractivity contribution in [3.05, 3.63) is 67.0 Å². The van der Waals surface area contributed by atoms with E-state index < -0.39 is 5.97 Å². The van der Waals surface area contributed by atoms with Crippen molar-refractivity contribution in [3.8, 4) is 17.0 Å². The first kappa shape index (κ1) is 32.0. The molecule has 0 aliphatic carbocycles. The van der Waals surface area contributed by atoms with Crippen LogP contribution >= 0.6 is 0 Å². The third-order valence-corrected chi connectivity index (χ3v) is 6.85. The molecule has 4 rings (SSSR count). The number of anilines is 4. The topological polar surface area (TPSA) is 134 Å². The van der Waals surface area contributed by atoms with Crippen LogP contribution in [0.4, 0.5) is 23.0 Å². The van der Waals surface area contributed by atoms with E-state index >= 15 is 0 Å². The number of carbonyl (C=O) groups is 2. The highest BCUT2D eigenvalue weighted by Crippen LogP contribution is 2.39. The van der Waals surface area contributed by atoms with E-state index in [0.29, 0.717) is 34.9 Å². The van der Waals surface area contributed by atoms with Gasteiger partial charge in [0.15, 0.2) is 0 Å². The van der Waals surface area contributed by atoms with Crippen molar-refractivity contribution in [1.82, 2.24) is 19.4 Å².